The fourth-order valence-electron chi connectivity index (χ4n) is 1.68. The molecule has 0 aliphatic rings. The van der Waals surface area contributed by atoms with Crippen LogP contribution >= 0.6 is 0 Å². The van der Waals surface area contributed by atoms with Crippen LogP contribution in [0.15, 0.2) is 29.8 Å². The Hall–Kier alpha value is -1.48. The van der Waals surface area contributed by atoms with Gasteiger partial charge < -0.3 is 14.8 Å². The Morgan fingerprint density at radius 2 is 2.00 bits per heavy atom. The molecule has 0 heterocycles. The average Bonchev–Trinajstić information content (AvgIpc) is 2.38. The molecule has 0 radical (unpaired) electrons. The molecule has 0 atom stereocenters. The first-order chi connectivity index (χ1) is 9.19. The summed E-state index contributed by atoms with van der Waals surface area (Å²) in [6, 6.07) is 6.03. The molecule has 1 rings (SSSR count). The number of hydrogen-bond donors (Lipinski definition) is 1. The topological polar surface area (TPSA) is 30.5 Å². The maximum atomic E-state index is 5.89. The summed E-state index contributed by atoms with van der Waals surface area (Å²) in [6.07, 6.45) is 2.07. The zero-order chi connectivity index (χ0) is 14.1. The molecule has 3 nitrogen and oxygen atoms in total. The highest BCUT2D eigenvalue weighted by Crippen LogP contribution is 2.31. The molecule has 106 valence electrons. The van der Waals surface area contributed by atoms with Gasteiger partial charge in [-0.05, 0) is 39.5 Å². The molecule has 0 fully saturated rings. The van der Waals surface area contributed by atoms with E-state index in [0.717, 1.165) is 30.2 Å². The summed E-state index contributed by atoms with van der Waals surface area (Å²) in [4.78, 5) is 0. The number of rotatable bonds is 8. The summed E-state index contributed by atoms with van der Waals surface area (Å²) < 4.78 is 11.5. The third-order valence-electron chi connectivity index (χ3n) is 2.64. The molecule has 19 heavy (non-hydrogen) atoms. The molecular formula is C16H25NO2. The number of allylic oxidation sites excluding steroid dienone is 1. The van der Waals surface area contributed by atoms with Crippen LogP contribution in [-0.2, 0) is 6.54 Å². The molecule has 0 unspecified atom stereocenters. The molecule has 0 saturated carbocycles. The van der Waals surface area contributed by atoms with Crippen molar-refractivity contribution in [2.24, 2.45) is 0 Å². The molecule has 0 bridgehead atoms. The number of para-hydroxylation sites is 1. The van der Waals surface area contributed by atoms with E-state index >= 15 is 0 Å². The molecule has 1 N–H and O–H groups in total. The Kier molecular flexibility index (Phi) is 7.04. The normalized spacial score (nSPS) is 10.1. The Labute approximate surface area is 116 Å². The monoisotopic (exact) mass is 263 g/mol. The predicted octanol–water partition coefficient (Wildman–Crippen LogP) is 3.54. The van der Waals surface area contributed by atoms with Gasteiger partial charge in [0, 0.05) is 12.1 Å². The van der Waals surface area contributed by atoms with Crippen molar-refractivity contribution in [2.75, 3.05) is 19.8 Å². The first-order valence-corrected chi connectivity index (χ1v) is 6.90. The molecular weight excluding hydrogens is 238 g/mol. The van der Waals surface area contributed by atoms with Gasteiger partial charge in [-0.1, -0.05) is 24.6 Å². The minimum absolute atomic E-state index is 0.575. The fraction of sp³-hybridized carbons (Fsp3) is 0.500. The van der Waals surface area contributed by atoms with Gasteiger partial charge in [-0.2, -0.15) is 0 Å². The minimum Gasteiger partial charge on any atom is -0.490 e. The van der Waals surface area contributed by atoms with Gasteiger partial charge in [0.05, 0.1) is 6.61 Å². The second-order valence-corrected chi connectivity index (χ2v) is 4.55. The molecule has 0 spiro atoms. The van der Waals surface area contributed by atoms with Gasteiger partial charge in [-0.3, -0.25) is 0 Å². The first-order valence-electron chi connectivity index (χ1n) is 6.90. The van der Waals surface area contributed by atoms with Gasteiger partial charge in [0.1, 0.15) is 6.61 Å². The molecule has 0 saturated heterocycles. The summed E-state index contributed by atoms with van der Waals surface area (Å²) in [5, 5.41) is 3.32. The summed E-state index contributed by atoms with van der Waals surface area (Å²) in [6.45, 7) is 11.2. The maximum absolute atomic E-state index is 5.89. The van der Waals surface area contributed by atoms with E-state index < -0.39 is 0 Å². The third kappa shape index (κ3) is 5.35. The van der Waals surface area contributed by atoms with Gasteiger partial charge in [0.2, 0.25) is 0 Å². The molecule has 0 aliphatic heterocycles. The predicted molar refractivity (Wildman–Crippen MR) is 79.9 cm³/mol. The maximum Gasteiger partial charge on any atom is 0.166 e. The van der Waals surface area contributed by atoms with Gasteiger partial charge in [0.25, 0.3) is 0 Å². The fourth-order valence-corrected chi connectivity index (χ4v) is 1.68. The number of nitrogens with one attached hydrogen (secondary N) is 1. The number of ether oxygens (including phenoxy) is 2. The molecule has 1 aromatic carbocycles. The van der Waals surface area contributed by atoms with Crippen molar-refractivity contribution >= 4 is 0 Å². The summed E-state index contributed by atoms with van der Waals surface area (Å²) >= 11 is 0. The quantitative estimate of drug-likeness (QED) is 0.728. The Bertz CT molecular complexity index is 409. The van der Waals surface area contributed by atoms with Crippen molar-refractivity contribution in [1.29, 1.82) is 0 Å². The van der Waals surface area contributed by atoms with Crippen molar-refractivity contribution in [2.45, 2.75) is 34.2 Å². The van der Waals surface area contributed by atoms with Crippen LogP contribution in [-0.4, -0.2) is 19.8 Å². The van der Waals surface area contributed by atoms with Crippen molar-refractivity contribution in [1.82, 2.24) is 5.32 Å². The molecule has 3 heteroatoms. The lowest BCUT2D eigenvalue weighted by Gasteiger charge is -2.15. The van der Waals surface area contributed by atoms with Crippen LogP contribution in [0.4, 0.5) is 0 Å². The van der Waals surface area contributed by atoms with Gasteiger partial charge in [-0.25, -0.2) is 0 Å². The zero-order valence-electron chi connectivity index (χ0n) is 12.5. The zero-order valence-corrected chi connectivity index (χ0v) is 12.5. The van der Waals surface area contributed by atoms with Crippen LogP contribution in [0.2, 0.25) is 0 Å². The van der Waals surface area contributed by atoms with E-state index in [1.54, 1.807) is 0 Å². The molecule has 0 aromatic heterocycles. The van der Waals surface area contributed by atoms with Crippen molar-refractivity contribution in [3.8, 4) is 11.5 Å². The van der Waals surface area contributed by atoms with E-state index in [-0.39, 0.29) is 0 Å². The largest absolute Gasteiger partial charge is 0.490 e. The van der Waals surface area contributed by atoms with Gasteiger partial charge in [0.15, 0.2) is 11.5 Å². The van der Waals surface area contributed by atoms with Crippen LogP contribution in [0.25, 0.3) is 0 Å². The third-order valence-corrected chi connectivity index (χ3v) is 2.64. The highest BCUT2D eigenvalue weighted by molar-refractivity contribution is 5.46. The van der Waals surface area contributed by atoms with Crippen LogP contribution in [0.3, 0.4) is 0 Å². The van der Waals surface area contributed by atoms with E-state index in [1.807, 2.05) is 19.1 Å². The second-order valence-electron chi connectivity index (χ2n) is 4.55. The van der Waals surface area contributed by atoms with Crippen LogP contribution in [0.1, 0.15) is 33.3 Å². The summed E-state index contributed by atoms with van der Waals surface area (Å²) in [7, 11) is 0. The van der Waals surface area contributed by atoms with Gasteiger partial charge in [-0.15, -0.1) is 0 Å². The lowest BCUT2D eigenvalue weighted by Crippen LogP contribution is -2.13. The lowest BCUT2D eigenvalue weighted by atomic mass is 10.2. The molecule has 0 amide bonds. The lowest BCUT2D eigenvalue weighted by molar-refractivity contribution is 0.293. The molecule has 1 aromatic rings. The SMILES string of the molecule is CCNCc1cccc(OCC)c1OCC=C(C)C. The summed E-state index contributed by atoms with van der Waals surface area (Å²) in [5.74, 6) is 1.67. The smallest absolute Gasteiger partial charge is 0.166 e. The highest BCUT2D eigenvalue weighted by atomic mass is 16.5. The van der Waals surface area contributed by atoms with Crippen molar-refractivity contribution in [3.05, 3.63) is 35.4 Å². The average molecular weight is 263 g/mol. The molecule has 0 aliphatic carbocycles. The summed E-state index contributed by atoms with van der Waals surface area (Å²) in [5.41, 5.74) is 2.39. The van der Waals surface area contributed by atoms with E-state index in [9.17, 15) is 0 Å². The van der Waals surface area contributed by atoms with E-state index in [1.165, 1.54) is 5.57 Å². The highest BCUT2D eigenvalue weighted by Gasteiger charge is 2.10. The van der Waals surface area contributed by atoms with Crippen LogP contribution < -0.4 is 14.8 Å². The Morgan fingerprint density at radius 1 is 1.21 bits per heavy atom. The van der Waals surface area contributed by atoms with E-state index in [2.05, 4.69) is 38.2 Å². The number of benzene rings is 1. The Morgan fingerprint density at radius 3 is 2.63 bits per heavy atom. The van der Waals surface area contributed by atoms with E-state index in [4.69, 9.17) is 9.47 Å². The van der Waals surface area contributed by atoms with Gasteiger partial charge >= 0.3 is 0 Å². The minimum atomic E-state index is 0.575. The van der Waals surface area contributed by atoms with E-state index in [0.29, 0.717) is 13.2 Å². The van der Waals surface area contributed by atoms with Crippen LogP contribution in [0.5, 0.6) is 11.5 Å². The first kappa shape index (κ1) is 15.6. The van der Waals surface area contributed by atoms with Crippen molar-refractivity contribution in [3.63, 3.8) is 0 Å². The second kappa shape index (κ2) is 8.59. The van der Waals surface area contributed by atoms with Crippen molar-refractivity contribution < 1.29 is 9.47 Å². The van der Waals surface area contributed by atoms with Crippen LogP contribution in [0, 0.1) is 0 Å². The number of hydrogen-bond acceptors (Lipinski definition) is 3. The Balaban J connectivity index is 2.89. The standard InChI is InChI=1S/C16H25NO2/c1-5-17-12-14-8-7-9-15(18-6-2)16(14)19-11-10-13(3)4/h7-10,17H,5-6,11-12H2,1-4H3.